The van der Waals surface area contributed by atoms with Crippen LogP contribution in [0.15, 0.2) is 24.3 Å². The Bertz CT molecular complexity index is 498. The molecule has 1 saturated heterocycles. The molecule has 3 rings (SSSR count). The van der Waals surface area contributed by atoms with Crippen LogP contribution in [0.2, 0.25) is 0 Å². The summed E-state index contributed by atoms with van der Waals surface area (Å²) < 4.78 is 11.9. The number of hydrogen-bond donors (Lipinski definition) is 1. The van der Waals surface area contributed by atoms with Crippen LogP contribution in [0.4, 0.5) is 5.69 Å². The predicted molar refractivity (Wildman–Crippen MR) is 85.9 cm³/mol. The highest BCUT2D eigenvalue weighted by Crippen LogP contribution is 2.52. The third kappa shape index (κ3) is 2.64. The molecule has 3 unspecified atom stereocenters. The Balaban J connectivity index is 1.77. The van der Waals surface area contributed by atoms with Gasteiger partial charge in [-0.1, -0.05) is 26.0 Å². The summed E-state index contributed by atoms with van der Waals surface area (Å²) in [4.78, 5) is 0. The third-order valence-electron chi connectivity index (χ3n) is 4.89. The van der Waals surface area contributed by atoms with E-state index in [1.54, 1.807) is 0 Å². The molecule has 1 saturated carbocycles. The minimum atomic E-state index is 0.177. The van der Waals surface area contributed by atoms with Crippen LogP contribution >= 0.6 is 0 Å². The molecule has 0 aromatic heterocycles. The Kier molecular flexibility index (Phi) is 3.87. The molecule has 1 N–H and O–H groups in total. The number of ether oxygens (including phenoxy) is 2. The minimum absolute atomic E-state index is 0.177. The number of nitrogens with one attached hydrogen (secondary N) is 1. The van der Waals surface area contributed by atoms with Crippen molar-refractivity contribution in [2.45, 2.75) is 58.8 Å². The van der Waals surface area contributed by atoms with Gasteiger partial charge in [0.2, 0.25) is 0 Å². The van der Waals surface area contributed by atoms with Gasteiger partial charge in [-0.2, -0.15) is 0 Å². The first-order valence-corrected chi connectivity index (χ1v) is 8.14. The highest BCUT2D eigenvalue weighted by atomic mass is 16.5. The highest BCUT2D eigenvalue weighted by molar-refractivity contribution is 5.57. The lowest BCUT2D eigenvalue weighted by atomic mass is 9.55. The van der Waals surface area contributed by atoms with Gasteiger partial charge in [0.25, 0.3) is 0 Å². The van der Waals surface area contributed by atoms with E-state index in [-0.39, 0.29) is 11.5 Å². The summed E-state index contributed by atoms with van der Waals surface area (Å²) in [6, 6.07) is 8.71. The van der Waals surface area contributed by atoms with Crippen LogP contribution < -0.4 is 10.1 Å². The first-order valence-electron chi connectivity index (χ1n) is 8.14. The molecule has 1 aromatic carbocycles. The van der Waals surface area contributed by atoms with Gasteiger partial charge >= 0.3 is 0 Å². The lowest BCUT2D eigenvalue weighted by molar-refractivity contribution is -0.177. The molecular weight excluding hydrogens is 262 g/mol. The normalized spacial score (nSPS) is 30.4. The molecule has 0 radical (unpaired) electrons. The van der Waals surface area contributed by atoms with Crippen LogP contribution in [0.1, 0.15) is 40.5 Å². The monoisotopic (exact) mass is 289 g/mol. The van der Waals surface area contributed by atoms with Crippen molar-refractivity contribution >= 4 is 5.69 Å². The summed E-state index contributed by atoms with van der Waals surface area (Å²) in [7, 11) is 0. The number of para-hydroxylation sites is 2. The van der Waals surface area contributed by atoms with Crippen molar-refractivity contribution in [3.63, 3.8) is 0 Å². The zero-order chi connectivity index (χ0) is 15.0. The average Bonchev–Trinajstić information content (AvgIpc) is 2.45. The van der Waals surface area contributed by atoms with Gasteiger partial charge in [-0.25, -0.2) is 0 Å². The first-order chi connectivity index (χ1) is 10.00. The molecule has 0 spiro atoms. The minimum Gasteiger partial charge on any atom is -0.489 e. The van der Waals surface area contributed by atoms with Crippen molar-refractivity contribution in [3.8, 4) is 5.75 Å². The van der Waals surface area contributed by atoms with Crippen molar-refractivity contribution in [3.05, 3.63) is 24.3 Å². The predicted octanol–water partition coefficient (Wildman–Crippen LogP) is 4.09. The summed E-state index contributed by atoms with van der Waals surface area (Å²) in [5.41, 5.74) is 1.28. The molecule has 3 heteroatoms. The summed E-state index contributed by atoms with van der Waals surface area (Å²) in [6.45, 7) is 9.67. The second-order valence-corrected chi connectivity index (χ2v) is 7.20. The molecular formula is C18H27NO2. The van der Waals surface area contributed by atoms with E-state index in [0.717, 1.165) is 18.0 Å². The van der Waals surface area contributed by atoms with Gasteiger partial charge in [-0.15, -0.1) is 0 Å². The molecule has 0 bridgehead atoms. The quantitative estimate of drug-likeness (QED) is 0.905. The lowest BCUT2D eigenvalue weighted by Gasteiger charge is -2.60. The Morgan fingerprint density at radius 1 is 1.29 bits per heavy atom. The van der Waals surface area contributed by atoms with Crippen LogP contribution in [0, 0.1) is 11.3 Å². The molecule has 1 aliphatic carbocycles. The van der Waals surface area contributed by atoms with E-state index in [0.29, 0.717) is 18.1 Å². The molecule has 21 heavy (non-hydrogen) atoms. The molecule has 1 heterocycles. The second-order valence-electron chi connectivity index (χ2n) is 7.20. The van der Waals surface area contributed by atoms with Gasteiger partial charge in [-0.05, 0) is 38.8 Å². The summed E-state index contributed by atoms with van der Waals surface area (Å²) in [5, 5.41) is 3.74. The number of hydrogen-bond acceptors (Lipinski definition) is 3. The Morgan fingerprint density at radius 3 is 2.81 bits per heavy atom. The fourth-order valence-corrected chi connectivity index (χ4v) is 3.93. The smallest absolute Gasteiger partial charge is 0.142 e. The van der Waals surface area contributed by atoms with E-state index in [9.17, 15) is 0 Å². The van der Waals surface area contributed by atoms with Gasteiger partial charge in [0.15, 0.2) is 0 Å². The average molecular weight is 289 g/mol. The number of anilines is 1. The van der Waals surface area contributed by atoms with Gasteiger partial charge in [0, 0.05) is 24.0 Å². The van der Waals surface area contributed by atoms with Crippen molar-refractivity contribution in [1.29, 1.82) is 0 Å². The van der Waals surface area contributed by atoms with Gasteiger partial charge in [0.1, 0.15) is 5.75 Å². The van der Waals surface area contributed by atoms with Gasteiger partial charge in [0.05, 0.1) is 17.9 Å². The van der Waals surface area contributed by atoms with E-state index in [4.69, 9.17) is 9.47 Å². The fourth-order valence-electron chi connectivity index (χ4n) is 3.93. The van der Waals surface area contributed by atoms with Crippen molar-refractivity contribution in [2.24, 2.45) is 11.3 Å². The summed E-state index contributed by atoms with van der Waals surface area (Å²) >= 11 is 0. The highest BCUT2D eigenvalue weighted by Gasteiger charge is 2.58. The van der Waals surface area contributed by atoms with Crippen molar-refractivity contribution < 1.29 is 9.47 Å². The molecule has 2 aliphatic rings. The van der Waals surface area contributed by atoms with Crippen LogP contribution in [0.5, 0.6) is 5.75 Å². The Hall–Kier alpha value is -1.22. The summed E-state index contributed by atoms with van der Waals surface area (Å²) in [5.74, 6) is 1.57. The zero-order valence-electron chi connectivity index (χ0n) is 13.6. The topological polar surface area (TPSA) is 30.5 Å². The van der Waals surface area contributed by atoms with Crippen molar-refractivity contribution in [2.75, 3.05) is 11.9 Å². The maximum atomic E-state index is 5.98. The van der Waals surface area contributed by atoms with Crippen LogP contribution in [0.25, 0.3) is 0 Å². The van der Waals surface area contributed by atoms with E-state index < -0.39 is 0 Å². The molecule has 116 valence electrons. The van der Waals surface area contributed by atoms with Gasteiger partial charge < -0.3 is 14.8 Å². The zero-order valence-corrected chi connectivity index (χ0v) is 13.6. The standard InChI is InChI=1S/C18H27NO2/c1-12(2)21-15-10-6-5-9-14(15)19-16-13-8-7-11-20-17(13)18(16,3)4/h5-6,9-10,12-13,16-17,19H,7-8,11H2,1-4H3. The number of benzene rings is 1. The fraction of sp³-hybridized carbons (Fsp3) is 0.667. The Morgan fingerprint density at radius 2 is 2.05 bits per heavy atom. The maximum absolute atomic E-state index is 5.98. The summed E-state index contributed by atoms with van der Waals surface area (Å²) in [6.07, 6.45) is 3.04. The van der Waals surface area contributed by atoms with Crippen molar-refractivity contribution in [1.82, 2.24) is 0 Å². The molecule has 1 aliphatic heterocycles. The Labute approximate surface area is 128 Å². The molecule has 3 nitrogen and oxygen atoms in total. The van der Waals surface area contributed by atoms with Crippen LogP contribution in [0.3, 0.4) is 0 Å². The second kappa shape index (κ2) is 5.53. The van der Waals surface area contributed by atoms with Crippen LogP contribution in [-0.4, -0.2) is 24.9 Å². The number of fused-ring (bicyclic) bond motifs is 1. The molecule has 3 atom stereocenters. The van der Waals surface area contributed by atoms with E-state index in [1.165, 1.54) is 12.8 Å². The van der Waals surface area contributed by atoms with E-state index in [2.05, 4.69) is 45.1 Å². The van der Waals surface area contributed by atoms with Gasteiger partial charge in [-0.3, -0.25) is 0 Å². The van der Waals surface area contributed by atoms with Crippen LogP contribution in [-0.2, 0) is 4.74 Å². The first kappa shape index (κ1) is 14.7. The number of rotatable bonds is 4. The third-order valence-corrected chi connectivity index (χ3v) is 4.89. The lowest BCUT2D eigenvalue weighted by Crippen LogP contribution is -2.67. The SMILES string of the molecule is CC(C)Oc1ccccc1NC1C2CCCOC2C1(C)C. The van der Waals surface area contributed by atoms with E-state index in [1.807, 2.05) is 12.1 Å². The van der Waals surface area contributed by atoms with E-state index >= 15 is 0 Å². The molecule has 2 fully saturated rings. The molecule has 1 aromatic rings. The maximum Gasteiger partial charge on any atom is 0.142 e. The largest absolute Gasteiger partial charge is 0.489 e. The molecule has 0 amide bonds.